The van der Waals surface area contributed by atoms with Gasteiger partial charge < -0.3 is 15.4 Å². The standard InChI is InChI=1S/C10H10FNO5/c11-7-1-2-8(12(17)5-7)3-6(10(15)16)4-9(13)14/h1-2,5-6H,3-4H2,(H,13,14)(H,15,16). The predicted octanol–water partition coefficient (Wildman–Crippen LogP) is 0.177. The lowest BCUT2D eigenvalue weighted by atomic mass is 9.99. The first-order chi connectivity index (χ1) is 7.90. The van der Waals surface area contributed by atoms with Gasteiger partial charge in [-0.05, 0) is 6.07 Å². The average molecular weight is 243 g/mol. The number of rotatable bonds is 5. The van der Waals surface area contributed by atoms with Crippen LogP contribution in [-0.2, 0) is 16.0 Å². The summed E-state index contributed by atoms with van der Waals surface area (Å²) >= 11 is 0. The van der Waals surface area contributed by atoms with Gasteiger partial charge in [0.1, 0.15) is 0 Å². The monoisotopic (exact) mass is 243 g/mol. The van der Waals surface area contributed by atoms with E-state index in [-0.39, 0.29) is 16.8 Å². The van der Waals surface area contributed by atoms with E-state index in [2.05, 4.69) is 0 Å². The van der Waals surface area contributed by atoms with Gasteiger partial charge >= 0.3 is 11.9 Å². The van der Waals surface area contributed by atoms with Gasteiger partial charge in [0.05, 0.1) is 12.3 Å². The van der Waals surface area contributed by atoms with E-state index in [9.17, 15) is 19.2 Å². The molecule has 0 radical (unpaired) electrons. The van der Waals surface area contributed by atoms with Gasteiger partial charge in [-0.1, -0.05) is 0 Å². The van der Waals surface area contributed by atoms with Crippen LogP contribution in [0.2, 0.25) is 0 Å². The summed E-state index contributed by atoms with van der Waals surface area (Å²) in [7, 11) is 0. The highest BCUT2D eigenvalue weighted by Gasteiger charge is 2.24. The maximum Gasteiger partial charge on any atom is 0.307 e. The van der Waals surface area contributed by atoms with Gasteiger partial charge in [-0.3, -0.25) is 9.59 Å². The fraction of sp³-hybridized carbons (Fsp3) is 0.300. The first kappa shape index (κ1) is 12.9. The summed E-state index contributed by atoms with van der Waals surface area (Å²) in [6.45, 7) is 0. The number of nitrogens with zero attached hydrogens (tertiary/aromatic N) is 1. The molecule has 1 atom stereocenters. The molecule has 0 amide bonds. The molecular weight excluding hydrogens is 233 g/mol. The largest absolute Gasteiger partial charge is 0.618 e. The Bertz CT molecular complexity index is 448. The van der Waals surface area contributed by atoms with Crippen LogP contribution in [0.4, 0.5) is 4.39 Å². The van der Waals surface area contributed by atoms with Gasteiger partial charge in [-0.2, -0.15) is 4.73 Å². The summed E-state index contributed by atoms with van der Waals surface area (Å²) in [6, 6.07) is 2.16. The van der Waals surface area contributed by atoms with Crippen molar-refractivity contribution in [1.29, 1.82) is 0 Å². The topological polar surface area (TPSA) is 102 Å². The Kier molecular flexibility index (Phi) is 3.97. The Morgan fingerprint density at radius 2 is 2.06 bits per heavy atom. The Morgan fingerprint density at radius 3 is 2.53 bits per heavy atom. The third-order valence-electron chi connectivity index (χ3n) is 2.18. The van der Waals surface area contributed by atoms with Crippen LogP contribution in [0, 0.1) is 16.9 Å². The van der Waals surface area contributed by atoms with Crippen LogP contribution in [0.15, 0.2) is 18.3 Å². The lowest BCUT2D eigenvalue weighted by molar-refractivity contribution is -0.616. The fourth-order valence-electron chi connectivity index (χ4n) is 1.36. The predicted molar refractivity (Wildman–Crippen MR) is 52.4 cm³/mol. The molecule has 0 aliphatic rings. The number of carboxylic acids is 2. The minimum Gasteiger partial charge on any atom is -0.618 e. The van der Waals surface area contributed by atoms with Gasteiger partial charge in [-0.25, -0.2) is 4.39 Å². The molecule has 7 heteroatoms. The zero-order valence-corrected chi connectivity index (χ0v) is 8.67. The minimum atomic E-state index is -1.31. The first-order valence-electron chi connectivity index (χ1n) is 4.72. The van der Waals surface area contributed by atoms with E-state index in [1.54, 1.807) is 0 Å². The summed E-state index contributed by atoms with van der Waals surface area (Å²) in [5, 5.41) is 28.5. The normalized spacial score (nSPS) is 12.1. The van der Waals surface area contributed by atoms with E-state index >= 15 is 0 Å². The highest BCUT2D eigenvalue weighted by Crippen LogP contribution is 2.10. The van der Waals surface area contributed by atoms with E-state index < -0.39 is 30.1 Å². The SMILES string of the molecule is O=C(O)CC(Cc1ccc(F)c[n+]1[O-])C(=O)O. The number of carbonyl (C=O) groups is 2. The first-order valence-corrected chi connectivity index (χ1v) is 4.72. The second kappa shape index (κ2) is 5.24. The molecular formula is C10H10FNO5. The molecule has 1 heterocycles. The number of aliphatic carboxylic acids is 2. The zero-order valence-electron chi connectivity index (χ0n) is 8.67. The van der Waals surface area contributed by atoms with Crippen molar-refractivity contribution in [2.24, 2.45) is 5.92 Å². The molecule has 92 valence electrons. The molecule has 1 rings (SSSR count). The number of pyridine rings is 1. The Balaban J connectivity index is 2.86. The van der Waals surface area contributed by atoms with Crippen LogP contribution in [0.25, 0.3) is 0 Å². The second-order valence-corrected chi connectivity index (χ2v) is 3.50. The summed E-state index contributed by atoms with van der Waals surface area (Å²) in [6.07, 6.45) is -0.187. The van der Waals surface area contributed by atoms with Gasteiger partial charge in [0.15, 0.2) is 11.5 Å². The quantitative estimate of drug-likeness (QED) is 0.567. The molecule has 1 aromatic rings. The molecule has 0 aliphatic heterocycles. The van der Waals surface area contributed by atoms with Crippen LogP contribution in [0.3, 0.4) is 0 Å². The van der Waals surface area contributed by atoms with E-state index in [0.29, 0.717) is 6.20 Å². The number of halogens is 1. The Morgan fingerprint density at radius 1 is 1.41 bits per heavy atom. The van der Waals surface area contributed by atoms with E-state index in [4.69, 9.17) is 10.2 Å². The molecule has 0 aromatic carbocycles. The van der Waals surface area contributed by atoms with Crippen molar-refractivity contribution in [1.82, 2.24) is 0 Å². The molecule has 0 saturated carbocycles. The molecule has 0 saturated heterocycles. The molecule has 0 spiro atoms. The summed E-state index contributed by atoms with van der Waals surface area (Å²) in [5.41, 5.74) is 0.0139. The molecule has 0 aliphatic carbocycles. The van der Waals surface area contributed by atoms with Gasteiger partial charge in [0, 0.05) is 12.5 Å². The van der Waals surface area contributed by atoms with Crippen molar-refractivity contribution in [2.45, 2.75) is 12.8 Å². The molecule has 6 nitrogen and oxygen atoms in total. The van der Waals surface area contributed by atoms with E-state index in [1.165, 1.54) is 0 Å². The van der Waals surface area contributed by atoms with Gasteiger partial charge in [0.25, 0.3) is 0 Å². The Hall–Kier alpha value is -2.18. The van der Waals surface area contributed by atoms with Gasteiger partial charge in [0.2, 0.25) is 6.20 Å². The number of aromatic nitrogens is 1. The smallest absolute Gasteiger partial charge is 0.307 e. The summed E-state index contributed by atoms with van der Waals surface area (Å²) in [4.78, 5) is 21.2. The summed E-state index contributed by atoms with van der Waals surface area (Å²) in [5.74, 6) is -4.53. The molecule has 2 N–H and O–H groups in total. The molecule has 17 heavy (non-hydrogen) atoms. The van der Waals surface area contributed by atoms with Crippen molar-refractivity contribution in [3.63, 3.8) is 0 Å². The van der Waals surface area contributed by atoms with Crippen molar-refractivity contribution in [2.75, 3.05) is 0 Å². The Labute approximate surface area is 95.5 Å². The number of hydrogen-bond donors (Lipinski definition) is 2. The fourth-order valence-corrected chi connectivity index (χ4v) is 1.36. The lowest BCUT2D eigenvalue weighted by Crippen LogP contribution is -2.34. The van der Waals surface area contributed by atoms with Crippen molar-refractivity contribution >= 4 is 11.9 Å². The lowest BCUT2D eigenvalue weighted by Gasteiger charge is -2.09. The number of carboxylic acid groups (broad SMARTS) is 2. The van der Waals surface area contributed by atoms with Crippen LogP contribution in [-0.4, -0.2) is 22.2 Å². The minimum absolute atomic E-state index is 0.0139. The molecule has 0 fully saturated rings. The van der Waals surface area contributed by atoms with Crippen molar-refractivity contribution in [3.8, 4) is 0 Å². The van der Waals surface area contributed by atoms with Crippen molar-refractivity contribution < 1.29 is 28.9 Å². The van der Waals surface area contributed by atoms with Crippen LogP contribution < -0.4 is 4.73 Å². The average Bonchev–Trinajstić information content (AvgIpc) is 2.19. The highest BCUT2D eigenvalue weighted by atomic mass is 19.1. The van der Waals surface area contributed by atoms with Crippen LogP contribution >= 0.6 is 0 Å². The third-order valence-corrected chi connectivity index (χ3v) is 2.18. The maximum atomic E-state index is 12.6. The second-order valence-electron chi connectivity index (χ2n) is 3.50. The summed E-state index contributed by atoms with van der Waals surface area (Å²) < 4.78 is 12.8. The zero-order chi connectivity index (χ0) is 13.0. The third kappa shape index (κ3) is 3.71. The molecule has 0 bridgehead atoms. The highest BCUT2D eigenvalue weighted by molar-refractivity contribution is 5.77. The van der Waals surface area contributed by atoms with E-state index in [1.807, 2.05) is 0 Å². The number of hydrogen-bond acceptors (Lipinski definition) is 3. The van der Waals surface area contributed by atoms with Crippen LogP contribution in [0.1, 0.15) is 12.1 Å². The van der Waals surface area contributed by atoms with Gasteiger partial charge in [-0.15, -0.1) is 0 Å². The van der Waals surface area contributed by atoms with Crippen molar-refractivity contribution in [3.05, 3.63) is 35.0 Å². The maximum absolute atomic E-state index is 12.6. The molecule has 1 unspecified atom stereocenters. The molecule has 1 aromatic heterocycles. The van der Waals surface area contributed by atoms with E-state index in [0.717, 1.165) is 12.1 Å². The van der Waals surface area contributed by atoms with Crippen LogP contribution in [0.5, 0.6) is 0 Å².